The summed E-state index contributed by atoms with van der Waals surface area (Å²) < 4.78 is 20.0. The standard InChI is InChI=1S/C15H24BrFN2O/c1-10(2)19(11(3)4)7-8-20-13-6-5-12(9-18)14(16)15(13)17/h5-6,10-11H,7-9,18H2,1-4H3. The summed E-state index contributed by atoms with van der Waals surface area (Å²) in [5.74, 6) is -0.116. The summed E-state index contributed by atoms with van der Waals surface area (Å²) in [5, 5.41) is 0. The van der Waals surface area contributed by atoms with Gasteiger partial charge in [0.15, 0.2) is 11.6 Å². The summed E-state index contributed by atoms with van der Waals surface area (Å²) in [6, 6.07) is 4.30. The molecule has 0 fully saturated rings. The van der Waals surface area contributed by atoms with E-state index < -0.39 is 0 Å². The molecule has 1 rings (SSSR count). The van der Waals surface area contributed by atoms with Crippen molar-refractivity contribution in [3.8, 4) is 5.75 Å². The molecule has 0 aliphatic rings. The third-order valence-electron chi connectivity index (χ3n) is 3.28. The molecule has 0 heterocycles. The van der Waals surface area contributed by atoms with Gasteiger partial charge in [0, 0.05) is 25.2 Å². The summed E-state index contributed by atoms with van der Waals surface area (Å²) in [6.45, 7) is 10.1. The van der Waals surface area contributed by atoms with E-state index in [1.807, 2.05) is 0 Å². The van der Waals surface area contributed by atoms with Crippen molar-refractivity contribution in [2.75, 3.05) is 13.2 Å². The Bertz CT molecular complexity index is 430. The SMILES string of the molecule is CC(C)N(CCOc1ccc(CN)c(Br)c1F)C(C)C. The molecule has 1 aromatic rings. The zero-order chi connectivity index (χ0) is 15.3. The van der Waals surface area contributed by atoms with E-state index in [9.17, 15) is 4.39 Å². The van der Waals surface area contributed by atoms with E-state index in [0.717, 1.165) is 12.1 Å². The van der Waals surface area contributed by atoms with Gasteiger partial charge < -0.3 is 10.5 Å². The monoisotopic (exact) mass is 346 g/mol. The Morgan fingerprint density at radius 3 is 2.35 bits per heavy atom. The molecule has 0 saturated heterocycles. The van der Waals surface area contributed by atoms with Gasteiger partial charge >= 0.3 is 0 Å². The van der Waals surface area contributed by atoms with Crippen molar-refractivity contribution >= 4 is 15.9 Å². The molecule has 0 bridgehead atoms. The van der Waals surface area contributed by atoms with E-state index in [-0.39, 0.29) is 11.6 Å². The van der Waals surface area contributed by atoms with E-state index in [2.05, 4.69) is 48.5 Å². The van der Waals surface area contributed by atoms with Gasteiger partial charge in [0.2, 0.25) is 0 Å². The lowest BCUT2D eigenvalue weighted by molar-refractivity contribution is 0.140. The maximum absolute atomic E-state index is 14.0. The highest BCUT2D eigenvalue weighted by Crippen LogP contribution is 2.28. The minimum atomic E-state index is -0.381. The van der Waals surface area contributed by atoms with Gasteiger partial charge in [0.1, 0.15) is 6.61 Å². The molecule has 2 N–H and O–H groups in total. The summed E-state index contributed by atoms with van der Waals surface area (Å²) in [7, 11) is 0. The topological polar surface area (TPSA) is 38.5 Å². The molecule has 0 spiro atoms. The largest absolute Gasteiger partial charge is 0.489 e. The summed E-state index contributed by atoms with van der Waals surface area (Å²) >= 11 is 3.21. The lowest BCUT2D eigenvalue weighted by atomic mass is 10.2. The van der Waals surface area contributed by atoms with E-state index in [4.69, 9.17) is 10.5 Å². The number of rotatable bonds is 7. The fourth-order valence-corrected chi connectivity index (χ4v) is 2.70. The number of hydrogen-bond donors (Lipinski definition) is 1. The second-order valence-electron chi connectivity index (χ2n) is 5.33. The average molecular weight is 347 g/mol. The fraction of sp³-hybridized carbons (Fsp3) is 0.600. The highest BCUT2D eigenvalue weighted by Gasteiger charge is 2.15. The molecule has 0 atom stereocenters. The van der Waals surface area contributed by atoms with E-state index >= 15 is 0 Å². The van der Waals surface area contributed by atoms with Crippen LogP contribution in [0.25, 0.3) is 0 Å². The smallest absolute Gasteiger partial charge is 0.179 e. The Labute approximate surface area is 129 Å². The van der Waals surface area contributed by atoms with Crippen LogP contribution in [-0.2, 0) is 6.54 Å². The van der Waals surface area contributed by atoms with Crippen LogP contribution in [0.3, 0.4) is 0 Å². The normalized spacial score (nSPS) is 11.7. The van der Waals surface area contributed by atoms with Crippen molar-refractivity contribution in [1.29, 1.82) is 0 Å². The highest BCUT2D eigenvalue weighted by molar-refractivity contribution is 9.10. The van der Waals surface area contributed by atoms with Crippen molar-refractivity contribution in [2.45, 2.75) is 46.3 Å². The first-order chi connectivity index (χ1) is 9.38. The number of ether oxygens (including phenoxy) is 1. The third-order valence-corrected chi connectivity index (χ3v) is 4.14. The lowest BCUT2D eigenvalue weighted by Gasteiger charge is -2.30. The first kappa shape index (κ1) is 17.4. The van der Waals surface area contributed by atoms with Gasteiger partial charge in [-0.25, -0.2) is 4.39 Å². The summed E-state index contributed by atoms with van der Waals surface area (Å²) in [6.07, 6.45) is 0. The molecule has 1 aromatic carbocycles. The van der Waals surface area contributed by atoms with Gasteiger partial charge in [0.25, 0.3) is 0 Å². The molecule has 0 aromatic heterocycles. The van der Waals surface area contributed by atoms with Gasteiger partial charge in [-0.2, -0.15) is 0 Å². The van der Waals surface area contributed by atoms with Crippen LogP contribution in [0.15, 0.2) is 16.6 Å². The second kappa shape index (κ2) is 7.96. The first-order valence-corrected chi connectivity index (χ1v) is 7.73. The van der Waals surface area contributed by atoms with Crippen LogP contribution in [0.1, 0.15) is 33.3 Å². The first-order valence-electron chi connectivity index (χ1n) is 6.94. The molecular weight excluding hydrogens is 323 g/mol. The molecule has 3 nitrogen and oxygen atoms in total. The molecule has 0 amide bonds. The Morgan fingerprint density at radius 1 is 1.25 bits per heavy atom. The number of nitrogens with two attached hydrogens (primary N) is 1. The molecule has 114 valence electrons. The predicted octanol–water partition coefficient (Wildman–Crippen LogP) is 3.54. The maximum Gasteiger partial charge on any atom is 0.179 e. The lowest BCUT2D eigenvalue weighted by Crippen LogP contribution is -2.39. The van der Waals surface area contributed by atoms with E-state index in [1.165, 1.54) is 0 Å². The Balaban J connectivity index is 2.65. The average Bonchev–Trinajstić information content (AvgIpc) is 2.38. The van der Waals surface area contributed by atoms with Gasteiger partial charge in [-0.05, 0) is 55.3 Å². The number of nitrogens with zero attached hydrogens (tertiary/aromatic N) is 1. The van der Waals surface area contributed by atoms with Crippen LogP contribution in [0.5, 0.6) is 5.75 Å². The zero-order valence-corrected chi connectivity index (χ0v) is 14.2. The van der Waals surface area contributed by atoms with Crippen LogP contribution in [0.4, 0.5) is 4.39 Å². The Hall–Kier alpha value is -0.650. The van der Waals surface area contributed by atoms with Crippen molar-refractivity contribution in [1.82, 2.24) is 4.90 Å². The zero-order valence-electron chi connectivity index (χ0n) is 12.6. The summed E-state index contributed by atoms with van der Waals surface area (Å²) in [5.41, 5.74) is 6.27. The molecule has 0 unspecified atom stereocenters. The Kier molecular flexibility index (Phi) is 6.92. The maximum atomic E-state index is 14.0. The van der Waals surface area contributed by atoms with Gasteiger partial charge in [-0.1, -0.05) is 6.07 Å². The van der Waals surface area contributed by atoms with Crippen LogP contribution >= 0.6 is 15.9 Å². The minimum absolute atomic E-state index is 0.265. The van der Waals surface area contributed by atoms with Crippen molar-refractivity contribution < 1.29 is 9.13 Å². The molecule has 0 saturated carbocycles. The molecule has 0 aliphatic heterocycles. The molecule has 5 heteroatoms. The van der Waals surface area contributed by atoms with Crippen LogP contribution in [-0.4, -0.2) is 30.1 Å². The van der Waals surface area contributed by atoms with Gasteiger partial charge in [-0.15, -0.1) is 0 Å². The van der Waals surface area contributed by atoms with Crippen molar-refractivity contribution in [2.24, 2.45) is 5.73 Å². The van der Waals surface area contributed by atoms with Crippen LogP contribution in [0.2, 0.25) is 0 Å². The number of halogens is 2. The molecular formula is C15H24BrFN2O. The quantitative estimate of drug-likeness (QED) is 0.820. The third kappa shape index (κ3) is 4.43. The second-order valence-corrected chi connectivity index (χ2v) is 6.12. The highest BCUT2D eigenvalue weighted by atomic mass is 79.9. The fourth-order valence-electron chi connectivity index (χ4n) is 2.21. The van der Waals surface area contributed by atoms with Crippen molar-refractivity contribution in [3.05, 3.63) is 28.0 Å². The van der Waals surface area contributed by atoms with Crippen LogP contribution in [0, 0.1) is 5.82 Å². The van der Waals surface area contributed by atoms with Gasteiger partial charge in [0.05, 0.1) is 4.47 Å². The molecule has 0 radical (unpaired) electrons. The predicted molar refractivity (Wildman–Crippen MR) is 84.5 cm³/mol. The van der Waals surface area contributed by atoms with Gasteiger partial charge in [-0.3, -0.25) is 4.90 Å². The summed E-state index contributed by atoms with van der Waals surface area (Å²) in [4.78, 5) is 2.31. The van der Waals surface area contributed by atoms with Crippen LogP contribution < -0.4 is 10.5 Å². The number of hydrogen-bond acceptors (Lipinski definition) is 3. The molecule has 0 aliphatic carbocycles. The Morgan fingerprint density at radius 2 is 1.85 bits per heavy atom. The molecule has 20 heavy (non-hydrogen) atoms. The minimum Gasteiger partial charge on any atom is -0.489 e. The number of benzene rings is 1. The van der Waals surface area contributed by atoms with Crippen molar-refractivity contribution in [3.63, 3.8) is 0 Å². The van der Waals surface area contributed by atoms with E-state index in [1.54, 1.807) is 12.1 Å². The van der Waals surface area contributed by atoms with E-state index in [0.29, 0.717) is 29.7 Å².